The summed E-state index contributed by atoms with van der Waals surface area (Å²) in [4.78, 5) is 43.4. The van der Waals surface area contributed by atoms with E-state index < -0.39 is 67.1 Å². The van der Waals surface area contributed by atoms with Crippen LogP contribution in [0.5, 0.6) is 0 Å². The fourth-order valence-electron chi connectivity index (χ4n) is 2.38. The van der Waals surface area contributed by atoms with Gasteiger partial charge in [0.05, 0.1) is 31.3 Å². The van der Waals surface area contributed by atoms with Gasteiger partial charge in [-0.1, -0.05) is 0 Å². The van der Waals surface area contributed by atoms with Crippen LogP contribution in [0.2, 0.25) is 0 Å². The Morgan fingerprint density at radius 2 is 0.957 bits per heavy atom. The zero-order valence-electron chi connectivity index (χ0n) is 12.2. The van der Waals surface area contributed by atoms with Gasteiger partial charge in [0.1, 0.15) is 0 Å². The van der Waals surface area contributed by atoms with Crippen LogP contribution in [-0.4, -0.2) is 50.0 Å². The van der Waals surface area contributed by atoms with Crippen molar-refractivity contribution in [3.63, 3.8) is 0 Å². The third kappa shape index (κ3) is 11.5. The predicted molar refractivity (Wildman–Crippen MR) is 72.2 cm³/mol. The van der Waals surface area contributed by atoms with Gasteiger partial charge < -0.3 is 38.0 Å². The molecule has 0 heterocycles. The topological polar surface area (TPSA) is 236 Å². The molecule has 0 fully saturated rings. The summed E-state index contributed by atoms with van der Waals surface area (Å²) in [5.41, 5.74) is 7.40. The fourth-order valence-corrected chi connectivity index (χ4v) is 2.38. The summed E-state index contributed by atoms with van der Waals surface area (Å²) in [6.45, 7) is 0. The van der Waals surface area contributed by atoms with E-state index in [2.05, 4.69) is 0 Å². The number of hydrogen-bond donors (Lipinski definition) is 7. The summed E-state index contributed by atoms with van der Waals surface area (Å²) in [5, 5.41) is 35.3. The average molecular weight is 379 g/mol. The molecule has 0 bridgehead atoms. The monoisotopic (exact) mass is 379 g/mol. The minimum atomic E-state index is -1.92. The van der Waals surface area contributed by atoms with E-state index in [0.717, 1.165) is 0 Å². The molecule has 0 aliphatic carbocycles. The molecular formula is C11H21FeN3O8. The van der Waals surface area contributed by atoms with Crippen molar-refractivity contribution in [3.8, 4) is 0 Å². The van der Waals surface area contributed by atoms with Crippen LogP contribution in [0.3, 0.4) is 0 Å². The molecule has 23 heavy (non-hydrogen) atoms. The minimum Gasteiger partial charge on any atom is -0.481 e. The second kappa shape index (κ2) is 10.1. The molecule has 0 amide bonds. The Morgan fingerprint density at radius 1 is 0.696 bits per heavy atom. The van der Waals surface area contributed by atoms with E-state index >= 15 is 0 Å². The number of carboxylic acid groups (broad SMARTS) is 4. The Balaban J connectivity index is -0.00000200. The molecule has 0 aromatic heterocycles. The molecule has 0 saturated heterocycles. The SMILES string of the molecule is N.NC(N)(CC(=O)O)CC(CC(=O)O)(CC(=O)O)CC(=O)O.[Fe]. The normalized spacial score (nSPS) is 10.9. The standard InChI is InChI=1S/C11H18N2O8.Fe.H3N/c12-11(13,4-9(20)21)5-10(1-6(14)15,2-7(16)17)3-8(18)19;;/h1-5,12-13H2,(H,14,15)(H,16,17)(H,18,19)(H,20,21);;1H3. The average Bonchev–Trinajstić information content (AvgIpc) is 2.07. The Morgan fingerprint density at radius 3 is 1.17 bits per heavy atom. The van der Waals surface area contributed by atoms with Crippen molar-refractivity contribution >= 4 is 23.9 Å². The predicted octanol–water partition coefficient (Wildman–Crippen LogP) is -0.965. The van der Waals surface area contributed by atoms with Gasteiger partial charge >= 0.3 is 23.9 Å². The smallest absolute Gasteiger partial charge is 0.306 e. The van der Waals surface area contributed by atoms with Gasteiger partial charge in [0, 0.05) is 22.5 Å². The van der Waals surface area contributed by atoms with Gasteiger partial charge in [0.15, 0.2) is 0 Å². The molecule has 0 aromatic carbocycles. The summed E-state index contributed by atoms with van der Waals surface area (Å²) in [6, 6.07) is 0. The van der Waals surface area contributed by atoms with E-state index in [1.807, 2.05) is 0 Å². The molecule has 11 nitrogen and oxygen atoms in total. The van der Waals surface area contributed by atoms with Gasteiger partial charge in [0.25, 0.3) is 0 Å². The summed E-state index contributed by atoms with van der Waals surface area (Å²) in [6.07, 6.45) is -3.74. The molecule has 136 valence electrons. The van der Waals surface area contributed by atoms with Crippen LogP contribution in [0.15, 0.2) is 0 Å². The Kier molecular flexibility index (Phi) is 11.5. The summed E-state index contributed by atoms with van der Waals surface area (Å²) < 4.78 is 0. The van der Waals surface area contributed by atoms with Crippen LogP contribution in [-0.2, 0) is 36.2 Å². The summed E-state index contributed by atoms with van der Waals surface area (Å²) in [5.74, 6) is -5.65. The van der Waals surface area contributed by atoms with Crippen molar-refractivity contribution in [2.45, 2.75) is 37.8 Å². The molecule has 0 aliphatic rings. The summed E-state index contributed by atoms with van der Waals surface area (Å²) in [7, 11) is 0. The Hall–Kier alpha value is -1.72. The molecule has 12 heteroatoms. The second-order valence-electron chi connectivity index (χ2n) is 5.19. The van der Waals surface area contributed by atoms with Gasteiger partial charge in [-0.05, 0) is 6.42 Å². The summed E-state index contributed by atoms with van der Waals surface area (Å²) >= 11 is 0. The molecule has 0 aromatic rings. The van der Waals surface area contributed by atoms with Crippen molar-refractivity contribution in [2.24, 2.45) is 16.9 Å². The van der Waals surface area contributed by atoms with E-state index in [-0.39, 0.29) is 23.2 Å². The maximum absolute atomic E-state index is 10.9. The van der Waals surface area contributed by atoms with Crippen LogP contribution >= 0.6 is 0 Å². The maximum atomic E-state index is 10.9. The third-order valence-electron chi connectivity index (χ3n) is 2.76. The number of hydrogen-bond acceptors (Lipinski definition) is 7. The maximum Gasteiger partial charge on any atom is 0.306 e. The first-order chi connectivity index (χ1) is 9.37. The molecule has 0 atom stereocenters. The first-order valence-corrected chi connectivity index (χ1v) is 5.82. The van der Waals surface area contributed by atoms with Crippen LogP contribution in [0.4, 0.5) is 0 Å². The Labute approximate surface area is 142 Å². The molecular weight excluding hydrogens is 358 g/mol. The first-order valence-electron chi connectivity index (χ1n) is 5.82. The fraction of sp³-hybridized carbons (Fsp3) is 0.636. The Bertz CT molecular complexity index is 414. The van der Waals surface area contributed by atoms with Crippen molar-refractivity contribution in [1.82, 2.24) is 6.15 Å². The van der Waals surface area contributed by atoms with Gasteiger partial charge in [-0.3, -0.25) is 19.2 Å². The number of carboxylic acids is 4. The molecule has 0 unspecified atom stereocenters. The quantitative estimate of drug-likeness (QED) is 0.180. The second-order valence-corrected chi connectivity index (χ2v) is 5.19. The van der Waals surface area contributed by atoms with E-state index in [1.165, 1.54) is 0 Å². The molecule has 0 saturated carbocycles. The number of aliphatic carboxylic acids is 4. The molecule has 0 rings (SSSR count). The van der Waals surface area contributed by atoms with Crippen molar-refractivity contribution in [2.75, 3.05) is 0 Å². The molecule has 0 spiro atoms. The first kappa shape index (κ1) is 26.2. The number of carbonyl (C=O) groups is 4. The zero-order valence-corrected chi connectivity index (χ0v) is 13.3. The number of nitrogens with two attached hydrogens (primary N) is 2. The third-order valence-corrected chi connectivity index (χ3v) is 2.76. The van der Waals surface area contributed by atoms with Crippen molar-refractivity contribution < 1.29 is 56.7 Å². The van der Waals surface area contributed by atoms with Gasteiger partial charge in [0.2, 0.25) is 0 Å². The van der Waals surface area contributed by atoms with E-state index in [0.29, 0.717) is 0 Å². The van der Waals surface area contributed by atoms with E-state index in [4.69, 9.17) is 31.9 Å². The van der Waals surface area contributed by atoms with Crippen LogP contribution in [0.25, 0.3) is 0 Å². The molecule has 0 radical (unpaired) electrons. The van der Waals surface area contributed by atoms with Crippen LogP contribution in [0.1, 0.15) is 32.1 Å². The van der Waals surface area contributed by atoms with Gasteiger partial charge in [-0.25, -0.2) is 0 Å². The molecule has 11 N–H and O–H groups in total. The van der Waals surface area contributed by atoms with Crippen LogP contribution in [0, 0.1) is 5.41 Å². The van der Waals surface area contributed by atoms with Gasteiger partial charge in [-0.15, -0.1) is 0 Å². The van der Waals surface area contributed by atoms with Crippen molar-refractivity contribution in [3.05, 3.63) is 0 Å². The van der Waals surface area contributed by atoms with Crippen LogP contribution < -0.4 is 17.6 Å². The van der Waals surface area contributed by atoms with E-state index in [1.54, 1.807) is 0 Å². The molecule has 0 aliphatic heterocycles. The van der Waals surface area contributed by atoms with Crippen molar-refractivity contribution in [1.29, 1.82) is 0 Å². The van der Waals surface area contributed by atoms with Gasteiger partial charge in [-0.2, -0.15) is 0 Å². The van der Waals surface area contributed by atoms with E-state index in [9.17, 15) is 19.2 Å². The minimum absolute atomic E-state index is 0. The number of rotatable bonds is 10. The largest absolute Gasteiger partial charge is 0.481 e. The zero-order chi connectivity index (χ0) is 16.8.